The van der Waals surface area contributed by atoms with Gasteiger partial charge in [-0.25, -0.2) is 13.1 Å². The monoisotopic (exact) mass is 290 g/mol. The Balaban J connectivity index is 1.91. The molecule has 0 saturated heterocycles. The number of benzene rings is 2. The lowest BCUT2D eigenvalue weighted by molar-refractivity contribution is 0.519. The van der Waals surface area contributed by atoms with Gasteiger partial charge >= 0.3 is 0 Å². The molecule has 1 unspecified atom stereocenters. The lowest BCUT2D eigenvalue weighted by Crippen LogP contribution is -2.41. The minimum Gasteiger partial charge on any atom is -0.329 e. The quantitative estimate of drug-likeness (QED) is 0.883. The van der Waals surface area contributed by atoms with E-state index in [-0.39, 0.29) is 6.04 Å². The fourth-order valence-corrected chi connectivity index (χ4v) is 3.79. The summed E-state index contributed by atoms with van der Waals surface area (Å²) in [6, 6.07) is 12.8. The van der Waals surface area contributed by atoms with Crippen molar-refractivity contribution < 1.29 is 8.42 Å². The maximum absolute atomic E-state index is 12.4. The van der Waals surface area contributed by atoms with Crippen LogP contribution in [0.1, 0.15) is 12.8 Å². The van der Waals surface area contributed by atoms with Crippen LogP contribution in [0.4, 0.5) is 0 Å². The van der Waals surface area contributed by atoms with Crippen LogP contribution in [-0.2, 0) is 10.0 Å². The van der Waals surface area contributed by atoms with Crippen molar-refractivity contribution in [2.45, 2.75) is 23.8 Å². The van der Waals surface area contributed by atoms with Gasteiger partial charge in [0.2, 0.25) is 10.0 Å². The van der Waals surface area contributed by atoms with Crippen LogP contribution in [0.25, 0.3) is 10.8 Å². The Morgan fingerprint density at radius 2 is 1.85 bits per heavy atom. The molecule has 1 saturated carbocycles. The van der Waals surface area contributed by atoms with Gasteiger partial charge in [0.1, 0.15) is 0 Å². The van der Waals surface area contributed by atoms with Crippen molar-refractivity contribution in [2.24, 2.45) is 11.7 Å². The first kappa shape index (κ1) is 13.5. The molecule has 1 atom stereocenters. The molecule has 106 valence electrons. The highest BCUT2D eigenvalue weighted by Gasteiger charge is 2.33. The molecule has 1 fully saturated rings. The third kappa shape index (κ3) is 2.70. The number of rotatable bonds is 5. The minimum atomic E-state index is -3.50. The Morgan fingerprint density at radius 1 is 1.15 bits per heavy atom. The Hall–Kier alpha value is -1.43. The SMILES string of the molecule is NCC(NS(=O)(=O)c1ccc2ccccc2c1)C1CC1. The average Bonchev–Trinajstić information content (AvgIpc) is 3.29. The molecule has 0 heterocycles. The first-order valence-corrected chi connectivity index (χ1v) is 8.30. The van der Waals surface area contributed by atoms with E-state index in [4.69, 9.17) is 5.73 Å². The first-order chi connectivity index (χ1) is 9.60. The second kappa shape index (κ2) is 5.16. The van der Waals surface area contributed by atoms with Gasteiger partial charge < -0.3 is 5.73 Å². The standard InChI is InChI=1S/C15H18N2O2S/c16-10-15(12-5-6-12)17-20(18,19)14-8-7-11-3-1-2-4-13(11)9-14/h1-4,7-9,12,15,17H,5-6,10,16H2. The Bertz CT molecular complexity index is 723. The maximum Gasteiger partial charge on any atom is 0.240 e. The zero-order valence-electron chi connectivity index (χ0n) is 11.1. The molecular weight excluding hydrogens is 272 g/mol. The number of fused-ring (bicyclic) bond motifs is 1. The van der Waals surface area contributed by atoms with Crippen LogP contribution in [0.2, 0.25) is 0 Å². The van der Waals surface area contributed by atoms with E-state index in [1.54, 1.807) is 12.1 Å². The van der Waals surface area contributed by atoms with Crippen molar-refractivity contribution >= 4 is 20.8 Å². The average molecular weight is 290 g/mol. The molecule has 0 spiro atoms. The molecule has 1 aliphatic carbocycles. The van der Waals surface area contributed by atoms with Crippen LogP contribution in [0.5, 0.6) is 0 Å². The van der Waals surface area contributed by atoms with Crippen molar-refractivity contribution in [1.29, 1.82) is 0 Å². The predicted molar refractivity (Wildman–Crippen MR) is 79.8 cm³/mol. The topological polar surface area (TPSA) is 72.2 Å². The number of nitrogens with one attached hydrogen (secondary N) is 1. The van der Waals surface area contributed by atoms with Crippen molar-refractivity contribution in [3.8, 4) is 0 Å². The molecule has 0 amide bonds. The number of sulfonamides is 1. The van der Waals surface area contributed by atoms with E-state index in [9.17, 15) is 8.42 Å². The Kier molecular flexibility index (Phi) is 3.50. The second-order valence-electron chi connectivity index (χ2n) is 5.31. The summed E-state index contributed by atoms with van der Waals surface area (Å²) in [7, 11) is -3.50. The summed E-state index contributed by atoms with van der Waals surface area (Å²) in [5.41, 5.74) is 5.66. The molecule has 4 nitrogen and oxygen atoms in total. The van der Waals surface area contributed by atoms with Gasteiger partial charge in [-0.2, -0.15) is 0 Å². The Morgan fingerprint density at radius 3 is 2.50 bits per heavy atom. The van der Waals surface area contributed by atoms with E-state index >= 15 is 0 Å². The van der Waals surface area contributed by atoms with Gasteiger partial charge in [-0.1, -0.05) is 30.3 Å². The van der Waals surface area contributed by atoms with Crippen LogP contribution in [0.15, 0.2) is 47.4 Å². The van der Waals surface area contributed by atoms with Crippen LogP contribution in [-0.4, -0.2) is 21.0 Å². The van der Waals surface area contributed by atoms with Gasteiger partial charge in [0, 0.05) is 12.6 Å². The van der Waals surface area contributed by atoms with Crippen LogP contribution >= 0.6 is 0 Å². The van der Waals surface area contributed by atoms with Gasteiger partial charge in [0.25, 0.3) is 0 Å². The van der Waals surface area contributed by atoms with Gasteiger partial charge in [0.15, 0.2) is 0 Å². The Labute approximate surface area is 119 Å². The predicted octanol–water partition coefficient (Wildman–Crippen LogP) is 1.86. The summed E-state index contributed by atoms with van der Waals surface area (Å²) < 4.78 is 27.6. The van der Waals surface area contributed by atoms with E-state index in [2.05, 4.69) is 4.72 Å². The fraction of sp³-hybridized carbons (Fsp3) is 0.333. The molecule has 0 radical (unpaired) electrons. The molecule has 0 aliphatic heterocycles. The summed E-state index contributed by atoms with van der Waals surface area (Å²) in [6.45, 7) is 0.345. The molecule has 2 aromatic rings. The van der Waals surface area contributed by atoms with Crippen LogP contribution < -0.4 is 10.5 Å². The van der Waals surface area contributed by atoms with Gasteiger partial charge in [-0.3, -0.25) is 0 Å². The zero-order chi connectivity index (χ0) is 14.2. The highest BCUT2D eigenvalue weighted by molar-refractivity contribution is 7.89. The van der Waals surface area contributed by atoms with Gasteiger partial charge in [-0.15, -0.1) is 0 Å². The third-order valence-corrected chi connectivity index (χ3v) is 5.27. The second-order valence-corrected chi connectivity index (χ2v) is 7.02. The van der Waals surface area contributed by atoms with Gasteiger partial charge in [0.05, 0.1) is 4.90 Å². The maximum atomic E-state index is 12.4. The fourth-order valence-electron chi connectivity index (χ4n) is 2.44. The minimum absolute atomic E-state index is 0.147. The molecule has 3 N–H and O–H groups in total. The number of hydrogen-bond donors (Lipinski definition) is 2. The lowest BCUT2D eigenvalue weighted by atomic mass is 10.1. The van der Waals surface area contributed by atoms with E-state index in [0.717, 1.165) is 23.6 Å². The highest BCUT2D eigenvalue weighted by atomic mass is 32.2. The molecule has 2 aromatic carbocycles. The summed E-state index contributed by atoms with van der Waals surface area (Å²) in [5, 5.41) is 1.95. The zero-order valence-corrected chi connectivity index (χ0v) is 11.9. The molecule has 3 rings (SSSR count). The number of nitrogens with two attached hydrogens (primary N) is 1. The third-order valence-electron chi connectivity index (χ3n) is 3.78. The molecule has 20 heavy (non-hydrogen) atoms. The first-order valence-electron chi connectivity index (χ1n) is 6.81. The van der Waals surface area contributed by atoms with E-state index in [0.29, 0.717) is 17.4 Å². The molecular formula is C15H18N2O2S. The molecule has 0 aromatic heterocycles. The number of hydrogen-bond acceptors (Lipinski definition) is 3. The van der Waals surface area contributed by atoms with E-state index in [1.807, 2.05) is 30.3 Å². The molecule has 1 aliphatic rings. The molecule has 5 heteroatoms. The lowest BCUT2D eigenvalue weighted by Gasteiger charge is -2.16. The van der Waals surface area contributed by atoms with E-state index < -0.39 is 10.0 Å². The summed E-state index contributed by atoms with van der Waals surface area (Å²) in [5.74, 6) is 0.398. The summed E-state index contributed by atoms with van der Waals surface area (Å²) in [4.78, 5) is 0.301. The summed E-state index contributed by atoms with van der Waals surface area (Å²) >= 11 is 0. The summed E-state index contributed by atoms with van der Waals surface area (Å²) in [6.07, 6.45) is 2.12. The smallest absolute Gasteiger partial charge is 0.240 e. The highest BCUT2D eigenvalue weighted by Crippen LogP contribution is 2.33. The normalized spacial score (nSPS) is 17.2. The van der Waals surface area contributed by atoms with Crippen molar-refractivity contribution in [3.63, 3.8) is 0 Å². The largest absolute Gasteiger partial charge is 0.329 e. The van der Waals surface area contributed by atoms with Crippen LogP contribution in [0.3, 0.4) is 0 Å². The van der Waals surface area contributed by atoms with Gasteiger partial charge in [-0.05, 0) is 41.7 Å². The van der Waals surface area contributed by atoms with Crippen molar-refractivity contribution in [2.75, 3.05) is 6.54 Å². The van der Waals surface area contributed by atoms with Crippen molar-refractivity contribution in [1.82, 2.24) is 4.72 Å². The molecule has 0 bridgehead atoms. The van der Waals surface area contributed by atoms with E-state index in [1.165, 1.54) is 0 Å². The van der Waals surface area contributed by atoms with Crippen molar-refractivity contribution in [3.05, 3.63) is 42.5 Å². The van der Waals surface area contributed by atoms with Crippen LogP contribution in [0, 0.1) is 5.92 Å².